The minimum absolute atomic E-state index is 0.419. The molecule has 0 saturated carbocycles. The van der Waals surface area contributed by atoms with Crippen LogP contribution in [0.4, 0.5) is 0 Å². The molecule has 0 radical (unpaired) electrons. The third-order valence-electron chi connectivity index (χ3n) is 1.86. The van der Waals surface area contributed by atoms with Crippen molar-refractivity contribution in [1.29, 1.82) is 0 Å². The second kappa shape index (κ2) is 2.42. The summed E-state index contributed by atoms with van der Waals surface area (Å²) >= 11 is 0. The van der Waals surface area contributed by atoms with E-state index in [-0.39, 0.29) is 0 Å². The molecule has 0 bridgehead atoms. The molecule has 0 spiro atoms. The number of rotatable bonds is 1. The quantitative estimate of drug-likeness (QED) is 0.631. The van der Waals surface area contributed by atoms with Gasteiger partial charge in [-0.2, -0.15) is 0 Å². The highest BCUT2D eigenvalue weighted by atomic mass is 16.5. The van der Waals surface area contributed by atoms with E-state index < -0.39 is 0 Å². The fraction of sp³-hybridized carbons (Fsp3) is 0.571. The summed E-state index contributed by atoms with van der Waals surface area (Å²) < 4.78 is 5.00. The van der Waals surface area contributed by atoms with Crippen molar-refractivity contribution >= 4 is 0 Å². The van der Waals surface area contributed by atoms with Crippen LogP contribution in [0.1, 0.15) is 24.6 Å². The zero-order valence-electron chi connectivity index (χ0n) is 5.71. The molecule has 0 amide bonds. The predicted molar refractivity (Wildman–Crippen MR) is 36.5 cm³/mol. The van der Waals surface area contributed by atoms with Crippen LogP contribution in [0.2, 0.25) is 0 Å². The maximum Gasteiger partial charge on any atom is 0.153 e. The molecule has 54 valence electrons. The lowest BCUT2D eigenvalue weighted by Gasteiger charge is -2.02. The van der Waals surface area contributed by atoms with E-state index in [2.05, 4.69) is 10.5 Å². The second-order valence-electron chi connectivity index (χ2n) is 2.56. The molecule has 1 fully saturated rings. The molecule has 2 heterocycles. The van der Waals surface area contributed by atoms with Crippen molar-refractivity contribution in [3.8, 4) is 0 Å². The van der Waals surface area contributed by atoms with Gasteiger partial charge in [-0.25, -0.2) is 0 Å². The van der Waals surface area contributed by atoms with E-state index in [1.165, 1.54) is 12.8 Å². The van der Waals surface area contributed by atoms with Gasteiger partial charge in [-0.3, -0.25) is 0 Å². The Hall–Kier alpha value is -0.830. The Labute approximate surface area is 59.4 Å². The summed E-state index contributed by atoms with van der Waals surface area (Å²) in [5, 5.41) is 6.98. The standard InChI is InChI=1S/C7H10N2O/c1-2-6(8-4-1)7-3-5-9-10-7/h3,5-6,8H,1-2,4H2/t6-/m1/s1. The van der Waals surface area contributed by atoms with Gasteiger partial charge in [0.25, 0.3) is 0 Å². The summed E-state index contributed by atoms with van der Waals surface area (Å²) in [6, 6.07) is 2.34. The zero-order chi connectivity index (χ0) is 6.81. The Bertz CT molecular complexity index is 189. The first-order chi connectivity index (χ1) is 4.97. The highest BCUT2D eigenvalue weighted by Gasteiger charge is 2.18. The van der Waals surface area contributed by atoms with Gasteiger partial charge in [0.2, 0.25) is 0 Å². The first-order valence-electron chi connectivity index (χ1n) is 3.61. The molecule has 1 aromatic rings. The molecule has 1 saturated heterocycles. The van der Waals surface area contributed by atoms with E-state index in [9.17, 15) is 0 Å². The summed E-state index contributed by atoms with van der Waals surface area (Å²) in [4.78, 5) is 0. The van der Waals surface area contributed by atoms with E-state index in [1.54, 1.807) is 6.20 Å². The maximum absolute atomic E-state index is 5.00. The number of hydrogen-bond donors (Lipinski definition) is 1. The Morgan fingerprint density at radius 1 is 1.70 bits per heavy atom. The third-order valence-corrected chi connectivity index (χ3v) is 1.86. The Morgan fingerprint density at radius 3 is 3.30 bits per heavy atom. The van der Waals surface area contributed by atoms with Gasteiger partial charge in [-0.1, -0.05) is 5.16 Å². The largest absolute Gasteiger partial charge is 0.360 e. The topological polar surface area (TPSA) is 38.1 Å². The van der Waals surface area contributed by atoms with Crippen LogP contribution in [0, 0.1) is 0 Å². The minimum Gasteiger partial charge on any atom is -0.360 e. The number of hydrogen-bond acceptors (Lipinski definition) is 3. The fourth-order valence-corrected chi connectivity index (χ4v) is 1.33. The minimum atomic E-state index is 0.419. The van der Waals surface area contributed by atoms with Crippen molar-refractivity contribution in [2.75, 3.05) is 6.54 Å². The molecule has 1 aliphatic rings. The van der Waals surface area contributed by atoms with Crippen LogP contribution >= 0.6 is 0 Å². The molecule has 3 nitrogen and oxygen atoms in total. The van der Waals surface area contributed by atoms with Crippen molar-refractivity contribution in [1.82, 2.24) is 10.5 Å². The van der Waals surface area contributed by atoms with E-state index in [0.717, 1.165) is 12.3 Å². The summed E-state index contributed by atoms with van der Waals surface area (Å²) in [5.41, 5.74) is 0. The number of aromatic nitrogens is 1. The number of nitrogens with one attached hydrogen (secondary N) is 1. The van der Waals surface area contributed by atoms with E-state index >= 15 is 0 Å². The van der Waals surface area contributed by atoms with Crippen molar-refractivity contribution in [2.24, 2.45) is 0 Å². The molecule has 3 heteroatoms. The van der Waals surface area contributed by atoms with Crippen LogP contribution in [-0.2, 0) is 0 Å². The van der Waals surface area contributed by atoms with Gasteiger partial charge in [0.05, 0.1) is 12.2 Å². The normalized spacial score (nSPS) is 25.4. The lowest BCUT2D eigenvalue weighted by Crippen LogP contribution is -2.11. The van der Waals surface area contributed by atoms with Crippen LogP contribution in [0.3, 0.4) is 0 Å². The second-order valence-corrected chi connectivity index (χ2v) is 2.56. The van der Waals surface area contributed by atoms with Crippen molar-refractivity contribution < 1.29 is 4.52 Å². The van der Waals surface area contributed by atoms with E-state index in [0.29, 0.717) is 6.04 Å². The highest BCUT2D eigenvalue weighted by Crippen LogP contribution is 2.21. The molecule has 1 atom stereocenters. The van der Waals surface area contributed by atoms with Crippen LogP contribution in [-0.4, -0.2) is 11.7 Å². The Balaban J connectivity index is 2.12. The summed E-state index contributed by atoms with van der Waals surface area (Å²) in [6.07, 6.45) is 4.11. The third kappa shape index (κ3) is 0.926. The molecule has 0 aliphatic carbocycles. The molecule has 0 aromatic carbocycles. The molecule has 0 unspecified atom stereocenters. The van der Waals surface area contributed by atoms with Gasteiger partial charge in [-0.15, -0.1) is 0 Å². The monoisotopic (exact) mass is 138 g/mol. The molecular weight excluding hydrogens is 128 g/mol. The average molecular weight is 138 g/mol. The van der Waals surface area contributed by atoms with E-state index in [4.69, 9.17) is 4.52 Å². The zero-order valence-corrected chi connectivity index (χ0v) is 5.71. The van der Waals surface area contributed by atoms with Gasteiger partial charge in [0.15, 0.2) is 5.76 Å². The fourth-order valence-electron chi connectivity index (χ4n) is 1.33. The number of nitrogens with zero attached hydrogens (tertiary/aromatic N) is 1. The Kier molecular flexibility index (Phi) is 1.43. The highest BCUT2D eigenvalue weighted by molar-refractivity contribution is 5.02. The molecule has 10 heavy (non-hydrogen) atoms. The van der Waals surface area contributed by atoms with Crippen molar-refractivity contribution in [3.63, 3.8) is 0 Å². The van der Waals surface area contributed by atoms with Crippen molar-refractivity contribution in [3.05, 3.63) is 18.0 Å². The SMILES string of the molecule is c1cc([C@H]2CCCN2)on1. The lowest BCUT2D eigenvalue weighted by molar-refractivity contribution is 0.351. The Morgan fingerprint density at radius 2 is 2.70 bits per heavy atom. The molecule has 1 aliphatic heterocycles. The summed E-state index contributed by atoms with van der Waals surface area (Å²) in [6.45, 7) is 1.10. The van der Waals surface area contributed by atoms with Gasteiger partial charge in [0.1, 0.15) is 0 Å². The molecular formula is C7H10N2O. The first kappa shape index (κ1) is 5.92. The molecule has 2 rings (SSSR count). The maximum atomic E-state index is 5.00. The lowest BCUT2D eigenvalue weighted by atomic mass is 10.2. The summed E-state index contributed by atoms with van der Waals surface area (Å²) in [5.74, 6) is 0.970. The van der Waals surface area contributed by atoms with Gasteiger partial charge in [0, 0.05) is 6.07 Å². The van der Waals surface area contributed by atoms with Gasteiger partial charge < -0.3 is 9.84 Å². The van der Waals surface area contributed by atoms with Crippen LogP contribution in [0.5, 0.6) is 0 Å². The molecule has 1 N–H and O–H groups in total. The predicted octanol–water partition coefficient (Wildman–Crippen LogP) is 1.10. The van der Waals surface area contributed by atoms with Gasteiger partial charge in [-0.05, 0) is 19.4 Å². The van der Waals surface area contributed by atoms with Gasteiger partial charge >= 0.3 is 0 Å². The first-order valence-corrected chi connectivity index (χ1v) is 3.61. The van der Waals surface area contributed by atoms with Crippen LogP contribution in [0.25, 0.3) is 0 Å². The van der Waals surface area contributed by atoms with Crippen LogP contribution in [0.15, 0.2) is 16.8 Å². The summed E-state index contributed by atoms with van der Waals surface area (Å²) in [7, 11) is 0. The average Bonchev–Trinajstić information content (AvgIpc) is 2.59. The molecule has 1 aromatic heterocycles. The van der Waals surface area contributed by atoms with E-state index in [1.807, 2.05) is 6.07 Å². The van der Waals surface area contributed by atoms with Crippen LogP contribution < -0.4 is 5.32 Å². The van der Waals surface area contributed by atoms with Crippen molar-refractivity contribution in [2.45, 2.75) is 18.9 Å². The smallest absolute Gasteiger partial charge is 0.153 e.